The minimum Gasteiger partial charge on any atom is -0.303 e. The van der Waals surface area contributed by atoms with E-state index in [2.05, 4.69) is 20.5 Å². The molecule has 136 valence electrons. The molecule has 0 fully saturated rings. The van der Waals surface area contributed by atoms with Gasteiger partial charge < -0.3 is 4.57 Å². The largest absolute Gasteiger partial charge is 0.329 e. The van der Waals surface area contributed by atoms with Crippen molar-refractivity contribution >= 4 is 34.4 Å². The zero-order chi connectivity index (χ0) is 18.8. The monoisotopic (exact) mass is 374 g/mol. The maximum atomic E-state index is 12.2. The summed E-state index contributed by atoms with van der Waals surface area (Å²) in [6.07, 6.45) is 0.794. The number of nitrogens with one attached hydrogen (secondary N) is 2. The van der Waals surface area contributed by atoms with Crippen LogP contribution in [-0.4, -0.2) is 24.8 Å². The van der Waals surface area contributed by atoms with Crippen molar-refractivity contribution in [1.82, 2.24) is 19.1 Å². The number of benzene rings is 1. The topological polar surface area (TPSA) is 97.1 Å². The lowest BCUT2D eigenvalue weighted by Gasteiger charge is -2.07. The summed E-state index contributed by atoms with van der Waals surface area (Å²) in [6, 6.07) is 7.31. The van der Waals surface area contributed by atoms with Crippen LogP contribution in [0.4, 0.5) is 5.95 Å². The Morgan fingerprint density at radius 1 is 1.31 bits per heavy atom. The number of halogens is 1. The first kappa shape index (κ1) is 17.9. The van der Waals surface area contributed by atoms with Crippen molar-refractivity contribution in [2.45, 2.75) is 26.8 Å². The molecule has 8 nitrogen and oxygen atoms in total. The number of aryl methyl sites for hydroxylation is 2. The normalized spacial score (nSPS) is 11.9. The van der Waals surface area contributed by atoms with E-state index < -0.39 is 11.2 Å². The molecule has 2 heterocycles. The molecule has 2 N–H and O–H groups in total. The number of aromatic nitrogens is 4. The molecule has 26 heavy (non-hydrogen) atoms. The van der Waals surface area contributed by atoms with E-state index in [1.54, 1.807) is 23.7 Å². The van der Waals surface area contributed by atoms with Crippen LogP contribution in [0.2, 0.25) is 5.02 Å². The second-order valence-electron chi connectivity index (χ2n) is 5.89. The molecule has 0 atom stereocenters. The van der Waals surface area contributed by atoms with Crippen molar-refractivity contribution in [3.63, 3.8) is 0 Å². The summed E-state index contributed by atoms with van der Waals surface area (Å²) in [6.45, 7) is 4.41. The molecule has 0 aliphatic carbocycles. The smallest absolute Gasteiger partial charge is 0.303 e. The van der Waals surface area contributed by atoms with E-state index in [-0.39, 0.29) is 0 Å². The van der Waals surface area contributed by atoms with Gasteiger partial charge >= 0.3 is 5.69 Å². The van der Waals surface area contributed by atoms with Gasteiger partial charge in [-0.1, -0.05) is 30.7 Å². The fourth-order valence-corrected chi connectivity index (χ4v) is 2.78. The molecule has 0 unspecified atom stereocenters. The van der Waals surface area contributed by atoms with Crippen LogP contribution in [0.5, 0.6) is 0 Å². The van der Waals surface area contributed by atoms with Gasteiger partial charge in [0.25, 0.3) is 5.56 Å². The molecular weight excluding hydrogens is 356 g/mol. The minimum absolute atomic E-state index is 0.314. The number of H-pyrrole nitrogens is 1. The van der Waals surface area contributed by atoms with Crippen molar-refractivity contribution in [1.29, 1.82) is 0 Å². The van der Waals surface area contributed by atoms with Gasteiger partial charge in [0.1, 0.15) is 0 Å². The summed E-state index contributed by atoms with van der Waals surface area (Å²) in [5.74, 6) is 0.405. The lowest BCUT2D eigenvalue weighted by molar-refractivity contribution is 0.698. The summed E-state index contributed by atoms with van der Waals surface area (Å²) in [5.41, 5.74) is 4.25. The lowest BCUT2D eigenvalue weighted by atomic mass is 10.1. The summed E-state index contributed by atoms with van der Waals surface area (Å²) in [7, 11) is 1.57. The summed E-state index contributed by atoms with van der Waals surface area (Å²) in [5, 5.41) is 5.01. The molecule has 3 rings (SSSR count). The van der Waals surface area contributed by atoms with E-state index in [4.69, 9.17) is 11.6 Å². The van der Waals surface area contributed by atoms with Crippen LogP contribution in [0.25, 0.3) is 11.2 Å². The van der Waals surface area contributed by atoms with E-state index >= 15 is 0 Å². The Bertz CT molecular complexity index is 1090. The Morgan fingerprint density at radius 2 is 2.00 bits per heavy atom. The Kier molecular flexibility index (Phi) is 4.94. The first-order valence-corrected chi connectivity index (χ1v) is 8.56. The maximum Gasteiger partial charge on any atom is 0.329 e. The highest BCUT2D eigenvalue weighted by Crippen LogP contribution is 2.16. The van der Waals surface area contributed by atoms with Crippen LogP contribution in [0.15, 0.2) is 39.0 Å². The van der Waals surface area contributed by atoms with Crippen LogP contribution >= 0.6 is 11.6 Å². The van der Waals surface area contributed by atoms with Crippen molar-refractivity contribution in [2.75, 3.05) is 5.43 Å². The molecule has 0 aliphatic rings. The zero-order valence-electron chi connectivity index (χ0n) is 14.7. The number of aromatic amines is 1. The quantitative estimate of drug-likeness (QED) is 0.529. The van der Waals surface area contributed by atoms with Gasteiger partial charge in [0.15, 0.2) is 11.2 Å². The third kappa shape index (κ3) is 3.28. The molecule has 3 aromatic rings. The van der Waals surface area contributed by atoms with E-state index in [1.807, 2.05) is 26.0 Å². The van der Waals surface area contributed by atoms with Gasteiger partial charge in [-0.15, -0.1) is 0 Å². The third-order valence-electron chi connectivity index (χ3n) is 4.04. The molecule has 0 saturated carbocycles. The van der Waals surface area contributed by atoms with E-state index in [9.17, 15) is 9.59 Å². The second-order valence-corrected chi connectivity index (χ2v) is 6.33. The molecular formula is C17H19ClN6O2. The zero-order valence-corrected chi connectivity index (χ0v) is 15.5. The van der Waals surface area contributed by atoms with Crippen LogP contribution in [0.1, 0.15) is 25.8 Å². The summed E-state index contributed by atoms with van der Waals surface area (Å²) >= 11 is 5.90. The average molecular weight is 375 g/mol. The van der Waals surface area contributed by atoms with Gasteiger partial charge in [0.05, 0.1) is 5.71 Å². The van der Waals surface area contributed by atoms with Gasteiger partial charge in [-0.05, 0) is 31.0 Å². The molecule has 0 radical (unpaired) electrons. The predicted octanol–water partition coefficient (Wildman–Crippen LogP) is 2.32. The molecule has 0 amide bonds. The molecule has 1 aromatic carbocycles. The maximum absolute atomic E-state index is 12.2. The Balaban J connectivity index is 2.05. The lowest BCUT2D eigenvalue weighted by Crippen LogP contribution is -2.29. The third-order valence-corrected chi connectivity index (χ3v) is 4.29. The fourth-order valence-electron chi connectivity index (χ4n) is 2.65. The first-order chi connectivity index (χ1) is 12.4. The number of anilines is 1. The van der Waals surface area contributed by atoms with Crippen molar-refractivity contribution < 1.29 is 0 Å². The molecule has 0 aliphatic heterocycles. The molecule has 0 saturated heterocycles. The molecule has 0 bridgehead atoms. The highest BCUT2D eigenvalue weighted by molar-refractivity contribution is 6.30. The Hall–Kier alpha value is -2.87. The van der Waals surface area contributed by atoms with E-state index in [1.165, 1.54) is 4.57 Å². The van der Waals surface area contributed by atoms with Gasteiger partial charge in [-0.2, -0.15) is 10.1 Å². The Labute approximate surface area is 154 Å². The number of nitrogens with zero attached hydrogens (tertiary/aromatic N) is 4. The van der Waals surface area contributed by atoms with Crippen molar-refractivity contribution in [2.24, 2.45) is 12.1 Å². The Morgan fingerprint density at radius 3 is 2.65 bits per heavy atom. The van der Waals surface area contributed by atoms with Gasteiger partial charge in [0.2, 0.25) is 5.95 Å². The standard InChI is InChI=1S/C17H19ClN6O2/c1-4-9-24-13-14(23(3)17(26)20-15(13)25)19-16(24)22-21-10(2)11-5-7-12(18)8-6-11/h5-8H,4,9H2,1-3H3,(H,19,22)(H,20,25,26)/b21-10-. The summed E-state index contributed by atoms with van der Waals surface area (Å²) in [4.78, 5) is 30.8. The van der Waals surface area contributed by atoms with Gasteiger partial charge in [-0.3, -0.25) is 14.3 Å². The van der Waals surface area contributed by atoms with Crippen LogP contribution in [0, 0.1) is 0 Å². The highest BCUT2D eigenvalue weighted by atomic mass is 35.5. The first-order valence-electron chi connectivity index (χ1n) is 8.18. The van der Waals surface area contributed by atoms with Crippen LogP contribution in [0.3, 0.4) is 0 Å². The van der Waals surface area contributed by atoms with Crippen molar-refractivity contribution in [3.05, 3.63) is 55.7 Å². The highest BCUT2D eigenvalue weighted by Gasteiger charge is 2.16. The average Bonchev–Trinajstić information content (AvgIpc) is 2.98. The predicted molar refractivity (Wildman–Crippen MR) is 103 cm³/mol. The van der Waals surface area contributed by atoms with Gasteiger partial charge in [0, 0.05) is 18.6 Å². The minimum atomic E-state index is -0.504. The van der Waals surface area contributed by atoms with Crippen molar-refractivity contribution in [3.8, 4) is 0 Å². The number of imidazole rings is 1. The van der Waals surface area contributed by atoms with E-state index in [0.29, 0.717) is 28.7 Å². The number of hydrazone groups is 1. The van der Waals surface area contributed by atoms with E-state index in [0.717, 1.165) is 17.7 Å². The molecule has 9 heteroatoms. The fraction of sp³-hybridized carbons (Fsp3) is 0.294. The van der Waals surface area contributed by atoms with Crippen LogP contribution < -0.4 is 16.7 Å². The van der Waals surface area contributed by atoms with Gasteiger partial charge in [-0.25, -0.2) is 10.2 Å². The SMILES string of the molecule is CCCn1c(N/N=C(/C)c2ccc(Cl)cc2)nc2c1c(=O)[nH]c(=O)n2C. The van der Waals surface area contributed by atoms with Crippen LogP contribution in [-0.2, 0) is 13.6 Å². The second kappa shape index (κ2) is 7.17. The number of fused-ring (bicyclic) bond motifs is 1. The number of rotatable bonds is 5. The molecule has 2 aromatic heterocycles. The number of hydrogen-bond donors (Lipinski definition) is 2. The molecule has 0 spiro atoms. The summed E-state index contributed by atoms with van der Waals surface area (Å²) < 4.78 is 3.04. The number of hydrogen-bond acceptors (Lipinski definition) is 5.